The van der Waals surface area contributed by atoms with Gasteiger partial charge in [-0.15, -0.1) is 5.10 Å². The second-order valence-electron chi connectivity index (χ2n) is 8.09. The largest absolute Gasteiger partial charge is 0.402 e. The number of benzene rings is 1. The number of nitrogens with one attached hydrogen (secondary N) is 1. The van der Waals surface area contributed by atoms with E-state index in [9.17, 15) is 4.79 Å². The molecule has 1 amide bonds. The van der Waals surface area contributed by atoms with Gasteiger partial charge in [-0.1, -0.05) is 23.3 Å². The number of likely N-dealkylation sites (tertiary alicyclic amines) is 1. The standard InChI is InChI=1S/C20H24N6O2/c1-13(18(27)26-11-9-20(7-8-20)10-12-26)21-19-23-22-17(28-19)16-14-5-3-4-6-15(14)24-25(16)2/h3-6,13H,7-12H2,1-2H3,(H,21,23)/t13-/m1/s1. The van der Waals surface area contributed by atoms with Crippen molar-refractivity contribution >= 4 is 22.8 Å². The summed E-state index contributed by atoms with van der Waals surface area (Å²) >= 11 is 0. The maximum atomic E-state index is 12.8. The second kappa shape index (κ2) is 6.32. The molecule has 1 N–H and O–H groups in total. The number of carbonyl (C=O) groups is 1. The van der Waals surface area contributed by atoms with Gasteiger partial charge >= 0.3 is 6.01 Å². The molecule has 0 bridgehead atoms. The van der Waals surface area contributed by atoms with Crippen LogP contribution in [-0.4, -0.2) is 49.9 Å². The van der Waals surface area contributed by atoms with Crippen molar-refractivity contribution < 1.29 is 9.21 Å². The first kappa shape index (κ1) is 17.2. The zero-order chi connectivity index (χ0) is 19.3. The molecule has 1 aliphatic heterocycles. The predicted octanol–water partition coefficient (Wildman–Crippen LogP) is 2.83. The molecule has 0 radical (unpaired) electrons. The average Bonchev–Trinajstić information content (AvgIpc) is 3.14. The van der Waals surface area contributed by atoms with E-state index >= 15 is 0 Å². The molecule has 1 aliphatic carbocycles. The van der Waals surface area contributed by atoms with Crippen molar-refractivity contribution in [2.75, 3.05) is 18.4 Å². The molecule has 8 heteroatoms. The Labute approximate surface area is 162 Å². The zero-order valence-corrected chi connectivity index (χ0v) is 16.2. The van der Waals surface area contributed by atoms with E-state index in [-0.39, 0.29) is 11.9 Å². The Morgan fingerprint density at radius 2 is 1.93 bits per heavy atom. The first-order valence-corrected chi connectivity index (χ1v) is 9.86. The van der Waals surface area contributed by atoms with E-state index in [0.29, 0.717) is 11.3 Å². The van der Waals surface area contributed by atoms with E-state index in [1.54, 1.807) is 4.68 Å². The summed E-state index contributed by atoms with van der Waals surface area (Å²) in [6.07, 6.45) is 4.92. The number of aromatic nitrogens is 4. The number of anilines is 1. The number of amides is 1. The lowest BCUT2D eigenvalue weighted by Crippen LogP contribution is -2.45. The summed E-state index contributed by atoms with van der Waals surface area (Å²) in [7, 11) is 1.85. The Balaban J connectivity index is 1.29. The summed E-state index contributed by atoms with van der Waals surface area (Å²) in [6.45, 7) is 3.54. The lowest BCUT2D eigenvalue weighted by atomic mass is 9.93. The summed E-state index contributed by atoms with van der Waals surface area (Å²) in [6, 6.07) is 7.65. The summed E-state index contributed by atoms with van der Waals surface area (Å²) in [5, 5.41) is 16.7. The van der Waals surface area contributed by atoms with Crippen LogP contribution in [0.25, 0.3) is 22.5 Å². The number of nitrogens with zero attached hydrogens (tertiary/aromatic N) is 5. The molecule has 1 saturated carbocycles. The zero-order valence-electron chi connectivity index (χ0n) is 16.2. The normalized spacial score (nSPS) is 19.1. The number of hydrogen-bond acceptors (Lipinski definition) is 6. The number of fused-ring (bicyclic) bond motifs is 1. The van der Waals surface area contributed by atoms with Crippen LogP contribution in [0, 0.1) is 5.41 Å². The van der Waals surface area contributed by atoms with E-state index in [4.69, 9.17) is 4.42 Å². The van der Waals surface area contributed by atoms with E-state index < -0.39 is 6.04 Å². The van der Waals surface area contributed by atoms with Crippen LogP contribution in [0.2, 0.25) is 0 Å². The number of carbonyl (C=O) groups excluding carboxylic acids is 1. The van der Waals surface area contributed by atoms with Gasteiger partial charge in [0, 0.05) is 25.5 Å². The molecule has 5 rings (SSSR count). The van der Waals surface area contributed by atoms with Gasteiger partial charge < -0.3 is 14.6 Å². The van der Waals surface area contributed by atoms with E-state index in [1.165, 1.54) is 12.8 Å². The van der Waals surface area contributed by atoms with E-state index in [0.717, 1.165) is 42.5 Å². The first-order chi connectivity index (χ1) is 13.5. The summed E-state index contributed by atoms with van der Waals surface area (Å²) < 4.78 is 7.54. The minimum absolute atomic E-state index is 0.0845. The summed E-state index contributed by atoms with van der Waals surface area (Å²) in [5.74, 6) is 0.466. The fourth-order valence-corrected chi connectivity index (χ4v) is 4.18. The maximum absolute atomic E-state index is 12.8. The third-order valence-corrected chi connectivity index (χ3v) is 6.17. The minimum Gasteiger partial charge on any atom is -0.402 e. The highest BCUT2D eigenvalue weighted by Gasteiger charge is 2.45. The molecule has 146 valence electrons. The van der Waals surface area contributed by atoms with Gasteiger partial charge in [-0.05, 0) is 44.1 Å². The van der Waals surface area contributed by atoms with Crippen molar-refractivity contribution in [2.45, 2.75) is 38.6 Å². The smallest absolute Gasteiger partial charge is 0.316 e. The van der Waals surface area contributed by atoms with Crippen molar-refractivity contribution in [2.24, 2.45) is 12.5 Å². The van der Waals surface area contributed by atoms with Crippen LogP contribution in [0.4, 0.5) is 6.01 Å². The van der Waals surface area contributed by atoms with Gasteiger partial charge in [0.15, 0.2) is 0 Å². The fourth-order valence-electron chi connectivity index (χ4n) is 4.18. The van der Waals surface area contributed by atoms with E-state index in [2.05, 4.69) is 20.6 Å². The van der Waals surface area contributed by atoms with Crippen molar-refractivity contribution in [1.29, 1.82) is 0 Å². The third-order valence-electron chi connectivity index (χ3n) is 6.17. The van der Waals surface area contributed by atoms with Gasteiger partial charge in [0.2, 0.25) is 5.91 Å². The lowest BCUT2D eigenvalue weighted by molar-refractivity contribution is -0.133. The molecule has 3 aromatic rings. The quantitative estimate of drug-likeness (QED) is 0.749. The van der Waals surface area contributed by atoms with Crippen LogP contribution >= 0.6 is 0 Å². The molecule has 2 fully saturated rings. The van der Waals surface area contributed by atoms with Gasteiger partial charge in [0.05, 0.1) is 5.52 Å². The molecule has 1 saturated heterocycles. The van der Waals surface area contributed by atoms with Gasteiger partial charge in [0.25, 0.3) is 5.89 Å². The van der Waals surface area contributed by atoms with Crippen LogP contribution in [0.3, 0.4) is 0 Å². The molecule has 2 aliphatic rings. The number of rotatable bonds is 4. The van der Waals surface area contributed by atoms with Crippen LogP contribution in [0.5, 0.6) is 0 Å². The Morgan fingerprint density at radius 3 is 2.68 bits per heavy atom. The molecule has 1 atom stereocenters. The topological polar surface area (TPSA) is 89.1 Å². The maximum Gasteiger partial charge on any atom is 0.316 e. The molecule has 0 unspecified atom stereocenters. The molecule has 8 nitrogen and oxygen atoms in total. The highest BCUT2D eigenvalue weighted by molar-refractivity contribution is 5.91. The highest BCUT2D eigenvalue weighted by atomic mass is 16.4. The number of piperidine rings is 1. The molecular formula is C20H24N6O2. The highest BCUT2D eigenvalue weighted by Crippen LogP contribution is 2.53. The van der Waals surface area contributed by atoms with Gasteiger partial charge in [0.1, 0.15) is 11.7 Å². The number of hydrogen-bond donors (Lipinski definition) is 1. The summed E-state index contributed by atoms with van der Waals surface area (Å²) in [4.78, 5) is 14.7. The fraction of sp³-hybridized carbons (Fsp3) is 0.500. The third kappa shape index (κ3) is 2.93. The van der Waals surface area contributed by atoms with Crippen LogP contribution in [-0.2, 0) is 11.8 Å². The molecule has 1 spiro atoms. The lowest BCUT2D eigenvalue weighted by Gasteiger charge is -2.33. The average molecular weight is 380 g/mol. The van der Waals surface area contributed by atoms with Crippen molar-refractivity contribution in [3.05, 3.63) is 24.3 Å². The van der Waals surface area contributed by atoms with Gasteiger partial charge in [-0.2, -0.15) is 5.10 Å². The second-order valence-corrected chi connectivity index (χ2v) is 8.09. The summed E-state index contributed by atoms with van der Waals surface area (Å²) in [5.41, 5.74) is 2.19. The monoisotopic (exact) mass is 380 g/mol. The Hall–Kier alpha value is -2.90. The van der Waals surface area contributed by atoms with Gasteiger partial charge in [-0.25, -0.2) is 0 Å². The van der Waals surface area contributed by atoms with Crippen LogP contribution in [0.15, 0.2) is 28.7 Å². The Bertz CT molecular complexity index is 1020. The van der Waals surface area contributed by atoms with Crippen molar-refractivity contribution in [3.63, 3.8) is 0 Å². The first-order valence-electron chi connectivity index (χ1n) is 9.86. The van der Waals surface area contributed by atoms with E-state index in [1.807, 2.05) is 43.1 Å². The molecule has 2 aromatic heterocycles. The molecule has 28 heavy (non-hydrogen) atoms. The predicted molar refractivity (Wildman–Crippen MR) is 105 cm³/mol. The number of aryl methyl sites for hydroxylation is 1. The SMILES string of the molecule is C[C@@H](Nc1nnc(-c2c3ccccc3nn2C)o1)C(=O)N1CCC2(CC1)CC2. The molecular weight excluding hydrogens is 356 g/mol. The Kier molecular flexibility index (Phi) is 3.89. The van der Waals surface area contributed by atoms with Crippen molar-refractivity contribution in [1.82, 2.24) is 24.9 Å². The van der Waals surface area contributed by atoms with Crippen LogP contribution in [0.1, 0.15) is 32.6 Å². The van der Waals surface area contributed by atoms with Crippen LogP contribution < -0.4 is 5.32 Å². The molecule has 1 aromatic carbocycles. The van der Waals surface area contributed by atoms with Crippen molar-refractivity contribution in [3.8, 4) is 11.6 Å². The Morgan fingerprint density at radius 1 is 1.18 bits per heavy atom. The molecule has 3 heterocycles. The minimum atomic E-state index is -0.412. The van der Waals surface area contributed by atoms with Gasteiger partial charge in [-0.3, -0.25) is 9.48 Å².